The SMILES string of the molecule is O=C(O)c1ccc(Br)c(S(=O)(=O)NCCCCO)c1. The molecule has 0 aromatic heterocycles. The summed E-state index contributed by atoms with van der Waals surface area (Å²) < 4.78 is 26.6. The number of aliphatic hydroxyl groups excluding tert-OH is 1. The minimum atomic E-state index is -3.77. The topological polar surface area (TPSA) is 104 Å². The first-order valence-electron chi connectivity index (χ1n) is 5.52. The quantitative estimate of drug-likeness (QED) is 0.640. The molecule has 0 heterocycles. The molecule has 1 rings (SSSR count). The molecule has 0 aliphatic heterocycles. The lowest BCUT2D eigenvalue weighted by atomic mass is 10.2. The molecule has 0 bridgehead atoms. The molecule has 0 aliphatic rings. The molecule has 0 radical (unpaired) electrons. The van der Waals surface area contributed by atoms with Crippen LogP contribution in [0, 0.1) is 0 Å². The Labute approximate surface area is 119 Å². The minimum absolute atomic E-state index is 0.0000780. The van der Waals surface area contributed by atoms with E-state index in [0.29, 0.717) is 17.3 Å². The number of nitrogens with one attached hydrogen (secondary N) is 1. The third-order valence-electron chi connectivity index (χ3n) is 2.34. The second-order valence-electron chi connectivity index (χ2n) is 3.78. The fraction of sp³-hybridized carbons (Fsp3) is 0.364. The molecular formula is C11H14BrNO5S. The maximum absolute atomic E-state index is 12.0. The van der Waals surface area contributed by atoms with E-state index < -0.39 is 16.0 Å². The molecule has 0 spiro atoms. The lowest BCUT2D eigenvalue weighted by Crippen LogP contribution is -2.25. The number of unbranched alkanes of at least 4 members (excludes halogenated alkanes) is 1. The first kappa shape index (κ1) is 16.1. The molecule has 106 valence electrons. The maximum Gasteiger partial charge on any atom is 0.335 e. The zero-order valence-electron chi connectivity index (χ0n) is 9.97. The summed E-state index contributed by atoms with van der Waals surface area (Å²) in [5, 5.41) is 17.5. The first-order valence-corrected chi connectivity index (χ1v) is 7.79. The van der Waals surface area contributed by atoms with Crippen molar-refractivity contribution in [1.29, 1.82) is 0 Å². The van der Waals surface area contributed by atoms with Crippen LogP contribution in [0.15, 0.2) is 27.6 Å². The van der Waals surface area contributed by atoms with Gasteiger partial charge in [0, 0.05) is 17.6 Å². The molecule has 6 nitrogen and oxygen atoms in total. The number of carboxylic acids is 1. The first-order chi connectivity index (χ1) is 8.88. The minimum Gasteiger partial charge on any atom is -0.478 e. The van der Waals surface area contributed by atoms with Crippen molar-refractivity contribution in [3.05, 3.63) is 28.2 Å². The lowest BCUT2D eigenvalue weighted by Gasteiger charge is -2.09. The van der Waals surface area contributed by atoms with Crippen molar-refractivity contribution in [2.75, 3.05) is 13.2 Å². The number of halogens is 1. The van der Waals surface area contributed by atoms with Crippen LogP contribution in [-0.2, 0) is 10.0 Å². The van der Waals surface area contributed by atoms with Crippen LogP contribution in [0.1, 0.15) is 23.2 Å². The van der Waals surface area contributed by atoms with Crippen molar-refractivity contribution in [3.8, 4) is 0 Å². The van der Waals surface area contributed by atoms with Gasteiger partial charge in [-0.3, -0.25) is 0 Å². The van der Waals surface area contributed by atoms with E-state index in [2.05, 4.69) is 20.7 Å². The Morgan fingerprint density at radius 3 is 2.58 bits per heavy atom. The van der Waals surface area contributed by atoms with E-state index in [9.17, 15) is 13.2 Å². The maximum atomic E-state index is 12.0. The van der Waals surface area contributed by atoms with Gasteiger partial charge in [0.1, 0.15) is 0 Å². The molecule has 1 aromatic carbocycles. The molecule has 0 unspecified atom stereocenters. The summed E-state index contributed by atoms with van der Waals surface area (Å²) in [4.78, 5) is 10.7. The second-order valence-corrected chi connectivity index (χ2v) is 6.37. The van der Waals surface area contributed by atoms with E-state index in [1.54, 1.807) is 0 Å². The van der Waals surface area contributed by atoms with Gasteiger partial charge in [0.2, 0.25) is 10.0 Å². The molecule has 1 aromatic rings. The van der Waals surface area contributed by atoms with E-state index in [1.165, 1.54) is 12.1 Å². The van der Waals surface area contributed by atoms with E-state index in [0.717, 1.165) is 6.07 Å². The third-order valence-corrected chi connectivity index (χ3v) is 4.80. The molecule has 3 N–H and O–H groups in total. The molecule has 0 amide bonds. The lowest BCUT2D eigenvalue weighted by molar-refractivity contribution is 0.0696. The van der Waals surface area contributed by atoms with Crippen LogP contribution >= 0.6 is 15.9 Å². The van der Waals surface area contributed by atoms with E-state index in [1.807, 2.05) is 0 Å². The average Bonchev–Trinajstić information content (AvgIpc) is 2.34. The molecular weight excluding hydrogens is 338 g/mol. The van der Waals surface area contributed by atoms with E-state index >= 15 is 0 Å². The van der Waals surface area contributed by atoms with Crippen LogP contribution in [-0.4, -0.2) is 37.8 Å². The summed E-state index contributed by atoms with van der Waals surface area (Å²) in [6.07, 6.45) is 1.00. The van der Waals surface area contributed by atoms with Gasteiger partial charge in [0.05, 0.1) is 10.5 Å². The highest BCUT2D eigenvalue weighted by atomic mass is 79.9. The zero-order chi connectivity index (χ0) is 14.5. The zero-order valence-corrected chi connectivity index (χ0v) is 12.4. The molecule has 0 atom stereocenters. The largest absolute Gasteiger partial charge is 0.478 e. The number of benzene rings is 1. The Kier molecular flexibility index (Phi) is 5.92. The van der Waals surface area contributed by atoms with Crippen LogP contribution in [0.3, 0.4) is 0 Å². The number of sulfonamides is 1. The van der Waals surface area contributed by atoms with Crippen molar-refractivity contribution in [2.45, 2.75) is 17.7 Å². The Balaban J connectivity index is 2.94. The number of aliphatic hydroxyl groups is 1. The van der Waals surface area contributed by atoms with Gasteiger partial charge in [-0.2, -0.15) is 0 Å². The molecule has 0 saturated carbocycles. The van der Waals surface area contributed by atoms with E-state index in [4.69, 9.17) is 10.2 Å². The molecule has 0 saturated heterocycles. The highest BCUT2D eigenvalue weighted by Gasteiger charge is 2.19. The van der Waals surface area contributed by atoms with Crippen LogP contribution in [0.25, 0.3) is 0 Å². The second kappa shape index (κ2) is 6.99. The summed E-state index contributed by atoms with van der Waals surface area (Å²) in [7, 11) is -3.77. The fourth-order valence-corrected chi connectivity index (χ4v) is 3.42. The van der Waals surface area contributed by atoms with Gasteiger partial charge in [-0.15, -0.1) is 0 Å². The van der Waals surface area contributed by atoms with Gasteiger partial charge in [-0.25, -0.2) is 17.9 Å². The molecule has 0 fully saturated rings. The van der Waals surface area contributed by atoms with Crippen LogP contribution in [0.5, 0.6) is 0 Å². The highest BCUT2D eigenvalue weighted by Crippen LogP contribution is 2.23. The Morgan fingerprint density at radius 1 is 1.32 bits per heavy atom. The van der Waals surface area contributed by atoms with E-state index in [-0.39, 0.29) is 23.6 Å². The van der Waals surface area contributed by atoms with Crippen LogP contribution in [0.2, 0.25) is 0 Å². The third kappa shape index (κ3) is 4.57. The average molecular weight is 352 g/mol. The van der Waals surface area contributed by atoms with Crippen LogP contribution in [0.4, 0.5) is 0 Å². The Bertz CT molecular complexity index is 558. The van der Waals surface area contributed by atoms with Gasteiger partial charge in [0.25, 0.3) is 0 Å². The number of hydrogen-bond acceptors (Lipinski definition) is 4. The number of carboxylic acid groups (broad SMARTS) is 1. The predicted molar refractivity (Wildman–Crippen MR) is 72.6 cm³/mol. The summed E-state index contributed by atoms with van der Waals surface area (Å²) in [5.74, 6) is -1.19. The van der Waals surface area contributed by atoms with Gasteiger partial charge in [-0.05, 0) is 47.0 Å². The van der Waals surface area contributed by atoms with Gasteiger partial charge >= 0.3 is 5.97 Å². The Hall–Kier alpha value is -0.960. The summed E-state index contributed by atoms with van der Waals surface area (Å²) in [6, 6.07) is 3.80. The van der Waals surface area contributed by atoms with Gasteiger partial charge in [0.15, 0.2) is 0 Å². The predicted octanol–water partition coefficient (Wildman–Crippen LogP) is 1.20. The Morgan fingerprint density at radius 2 is 2.00 bits per heavy atom. The summed E-state index contributed by atoms with van der Waals surface area (Å²) in [6.45, 7) is 0.187. The number of hydrogen-bond donors (Lipinski definition) is 3. The monoisotopic (exact) mass is 351 g/mol. The summed E-state index contributed by atoms with van der Waals surface area (Å²) in [5.41, 5.74) is -0.0982. The van der Waals surface area contributed by atoms with Crippen molar-refractivity contribution >= 4 is 31.9 Å². The fourth-order valence-electron chi connectivity index (χ4n) is 1.36. The number of rotatable bonds is 7. The van der Waals surface area contributed by atoms with Gasteiger partial charge < -0.3 is 10.2 Å². The molecule has 0 aliphatic carbocycles. The smallest absolute Gasteiger partial charge is 0.335 e. The van der Waals surface area contributed by atoms with Gasteiger partial charge in [-0.1, -0.05) is 0 Å². The number of carbonyl (C=O) groups is 1. The number of aromatic carboxylic acids is 1. The van der Waals surface area contributed by atoms with Crippen molar-refractivity contribution < 1.29 is 23.4 Å². The molecule has 8 heteroatoms. The van der Waals surface area contributed by atoms with Crippen LogP contribution < -0.4 is 4.72 Å². The normalized spacial score (nSPS) is 11.5. The highest BCUT2D eigenvalue weighted by molar-refractivity contribution is 9.10. The van der Waals surface area contributed by atoms with Crippen molar-refractivity contribution in [1.82, 2.24) is 4.72 Å². The standard InChI is InChI=1S/C11H14BrNO5S/c12-9-4-3-8(11(15)16)7-10(9)19(17,18)13-5-1-2-6-14/h3-4,7,13-14H,1-2,5-6H2,(H,15,16). The van der Waals surface area contributed by atoms with Crippen molar-refractivity contribution in [3.63, 3.8) is 0 Å². The van der Waals surface area contributed by atoms with Crippen molar-refractivity contribution in [2.24, 2.45) is 0 Å². The molecule has 19 heavy (non-hydrogen) atoms. The summed E-state index contributed by atoms with van der Waals surface area (Å²) >= 11 is 3.09.